The molecule has 0 aliphatic carbocycles. The molecule has 1 atom stereocenters. The molecule has 29 heavy (non-hydrogen) atoms. The Morgan fingerprint density at radius 1 is 1.07 bits per heavy atom. The van der Waals surface area contributed by atoms with Gasteiger partial charge < -0.3 is 10.6 Å². The Morgan fingerprint density at radius 3 is 2.17 bits per heavy atom. The number of nitrogens with zero attached hydrogens (tertiary/aromatic N) is 1. The molecule has 0 saturated heterocycles. The lowest BCUT2D eigenvalue weighted by Gasteiger charge is -2.16. The summed E-state index contributed by atoms with van der Waals surface area (Å²) in [7, 11) is -1.22. The summed E-state index contributed by atoms with van der Waals surface area (Å²) in [5, 5.41) is 5.63. The van der Waals surface area contributed by atoms with Crippen LogP contribution in [-0.4, -0.2) is 38.9 Å². The van der Waals surface area contributed by atoms with Gasteiger partial charge in [-0.3, -0.25) is 14.4 Å². The molecule has 8 nitrogen and oxygen atoms in total. The van der Waals surface area contributed by atoms with Crippen molar-refractivity contribution in [2.75, 3.05) is 19.5 Å². The Balaban J connectivity index is 2.05. The number of carbonyl (C=O) groups is 2. The number of nitrogens with one attached hydrogen (secondary N) is 2. The first-order valence-corrected chi connectivity index (χ1v) is 10.5. The molecule has 9 heteroatoms. The average molecular weight is 420 g/mol. The van der Waals surface area contributed by atoms with Crippen LogP contribution in [0.2, 0.25) is 0 Å². The number of sulfonamides is 1. The van der Waals surface area contributed by atoms with Crippen molar-refractivity contribution in [3.8, 4) is 0 Å². The SMILES string of the molecule is CCC(=O)Nc1ccc(C(C)NC(=O)c2ccc(S(=O)(=O)N(C)OC)cc2)cc1. The number of amides is 2. The van der Waals surface area contributed by atoms with Crippen molar-refractivity contribution in [2.45, 2.75) is 31.2 Å². The van der Waals surface area contributed by atoms with Crippen molar-refractivity contribution in [3.63, 3.8) is 0 Å². The van der Waals surface area contributed by atoms with E-state index in [1.165, 1.54) is 38.4 Å². The largest absolute Gasteiger partial charge is 0.346 e. The normalized spacial score (nSPS) is 12.4. The molecular weight excluding hydrogens is 394 g/mol. The van der Waals surface area contributed by atoms with Gasteiger partial charge in [-0.1, -0.05) is 23.5 Å². The van der Waals surface area contributed by atoms with Crippen molar-refractivity contribution in [2.24, 2.45) is 0 Å². The predicted molar refractivity (Wildman–Crippen MR) is 110 cm³/mol. The number of hydroxylamine groups is 1. The van der Waals surface area contributed by atoms with Crippen LogP contribution >= 0.6 is 0 Å². The molecule has 2 N–H and O–H groups in total. The minimum atomic E-state index is -3.76. The van der Waals surface area contributed by atoms with Crippen molar-refractivity contribution < 1.29 is 22.8 Å². The number of hydrogen-bond donors (Lipinski definition) is 2. The molecule has 0 aliphatic heterocycles. The predicted octanol–water partition coefficient (Wildman–Crippen LogP) is 2.71. The number of benzene rings is 2. The molecule has 0 heterocycles. The molecule has 0 fully saturated rings. The molecule has 2 aromatic rings. The zero-order valence-corrected chi connectivity index (χ0v) is 17.6. The Bertz CT molecular complexity index is 957. The van der Waals surface area contributed by atoms with Gasteiger partial charge in [0, 0.05) is 24.7 Å². The highest BCUT2D eigenvalue weighted by Crippen LogP contribution is 2.18. The molecular formula is C20H25N3O5S. The number of hydrogen-bond acceptors (Lipinski definition) is 5. The van der Waals surface area contributed by atoms with Gasteiger partial charge in [-0.15, -0.1) is 0 Å². The van der Waals surface area contributed by atoms with Crippen LogP contribution in [0.15, 0.2) is 53.4 Å². The standard InChI is InChI=1S/C20H25N3O5S/c1-5-19(24)22-17-10-6-15(7-11-17)14(2)21-20(25)16-8-12-18(13-9-16)29(26,27)23(3)28-4/h6-14H,5H2,1-4H3,(H,21,25)(H,22,24). The summed E-state index contributed by atoms with van der Waals surface area (Å²) in [6.45, 7) is 3.61. The van der Waals surface area contributed by atoms with E-state index in [4.69, 9.17) is 4.84 Å². The summed E-state index contributed by atoms with van der Waals surface area (Å²) >= 11 is 0. The maximum absolute atomic E-state index is 12.5. The lowest BCUT2D eigenvalue weighted by Crippen LogP contribution is -2.27. The van der Waals surface area contributed by atoms with E-state index in [1.807, 2.05) is 19.1 Å². The van der Waals surface area contributed by atoms with Gasteiger partial charge in [0.05, 0.1) is 18.0 Å². The van der Waals surface area contributed by atoms with Crippen molar-refractivity contribution in [1.29, 1.82) is 0 Å². The van der Waals surface area contributed by atoms with Crippen molar-refractivity contribution >= 4 is 27.5 Å². The highest BCUT2D eigenvalue weighted by molar-refractivity contribution is 7.89. The highest BCUT2D eigenvalue weighted by Gasteiger charge is 2.21. The quantitative estimate of drug-likeness (QED) is 0.640. The summed E-state index contributed by atoms with van der Waals surface area (Å²) in [5.74, 6) is -0.397. The highest BCUT2D eigenvalue weighted by atomic mass is 32.2. The third-order valence-electron chi connectivity index (χ3n) is 4.37. The minimum absolute atomic E-state index is 0.0242. The van der Waals surface area contributed by atoms with Gasteiger partial charge >= 0.3 is 0 Å². The third kappa shape index (κ3) is 5.63. The van der Waals surface area contributed by atoms with E-state index < -0.39 is 10.0 Å². The summed E-state index contributed by atoms with van der Waals surface area (Å²) in [4.78, 5) is 28.7. The van der Waals surface area contributed by atoms with E-state index in [0.717, 1.165) is 10.0 Å². The van der Waals surface area contributed by atoms with Gasteiger partial charge in [-0.2, -0.15) is 0 Å². The van der Waals surface area contributed by atoms with Crippen LogP contribution in [0, 0.1) is 0 Å². The van der Waals surface area contributed by atoms with E-state index >= 15 is 0 Å². The molecule has 0 radical (unpaired) electrons. The van der Waals surface area contributed by atoms with Crippen LogP contribution in [0.4, 0.5) is 5.69 Å². The molecule has 1 unspecified atom stereocenters. The smallest absolute Gasteiger partial charge is 0.264 e. The fourth-order valence-electron chi connectivity index (χ4n) is 2.49. The van der Waals surface area contributed by atoms with Crippen LogP contribution in [0.25, 0.3) is 0 Å². The fraction of sp³-hybridized carbons (Fsp3) is 0.300. The Morgan fingerprint density at radius 2 is 1.66 bits per heavy atom. The lowest BCUT2D eigenvalue weighted by molar-refractivity contribution is -0.115. The summed E-state index contributed by atoms with van der Waals surface area (Å²) in [6.07, 6.45) is 0.399. The van der Waals surface area contributed by atoms with Crippen molar-refractivity contribution in [3.05, 3.63) is 59.7 Å². The maximum Gasteiger partial charge on any atom is 0.264 e. The summed E-state index contributed by atoms with van der Waals surface area (Å²) < 4.78 is 25.1. The van der Waals surface area contributed by atoms with Gasteiger partial charge in [0.25, 0.3) is 15.9 Å². The summed E-state index contributed by atoms with van der Waals surface area (Å²) in [6, 6.07) is 12.5. The van der Waals surface area contributed by atoms with E-state index in [0.29, 0.717) is 17.7 Å². The summed E-state index contributed by atoms with van der Waals surface area (Å²) in [5.41, 5.74) is 1.90. The van der Waals surface area contributed by atoms with Crippen LogP contribution in [0.1, 0.15) is 42.2 Å². The Kier molecular flexibility index (Phi) is 7.49. The molecule has 0 aliphatic rings. The third-order valence-corrected chi connectivity index (χ3v) is 6.07. The number of carbonyl (C=O) groups excluding carboxylic acids is 2. The molecule has 0 bridgehead atoms. The monoisotopic (exact) mass is 419 g/mol. The van der Waals surface area contributed by atoms with Gasteiger partial charge in [0.2, 0.25) is 5.91 Å². The van der Waals surface area contributed by atoms with E-state index in [2.05, 4.69) is 10.6 Å². The molecule has 0 aromatic heterocycles. The first-order chi connectivity index (χ1) is 13.7. The van der Waals surface area contributed by atoms with E-state index in [-0.39, 0.29) is 22.8 Å². The molecule has 2 amide bonds. The molecule has 2 rings (SSSR count). The topological polar surface area (TPSA) is 105 Å². The Hall–Kier alpha value is -2.75. The second kappa shape index (κ2) is 9.64. The van der Waals surface area contributed by atoms with Gasteiger partial charge in [0.1, 0.15) is 0 Å². The number of rotatable bonds is 8. The van der Waals surface area contributed by atoms with Crippen LogP contribution < -0.4 is 10.6 Å². The van der Waals surface area contributed by atoms with E-state index in [1.54, 1.807) is 19.1 Å². The first-order valence-electron chi connectivity index (χ1n) is 9.02. The molecule has 0 saturated carbocycles. The lowest BCUT2D eigenvalue weighted by atomic mass is 10.1. The van der Waals surface area contributed by atoms with Gasteiger partial charge in [0.15, 0.2) is 0 Å². The number of anilines is 1. The first kappa shape index (κ1) is 22.5. The van der Waals surface area contributed by atoms with E-state index in [9.17, 15) is 18.0 Å². The zero-order chi connectivity index (χ0) is 21.6. The van der Waals surface area contributed by atoms with Crippen molar-refractivity contribution in [1.82, 2.24) is 9.79 Å². The second-order valence-electron chi connectivity index (χ2n) is 6.34. The minimum Gasteiger partial charge on any atom is -0.346 e. The Labute approximate surface area is 170 Å². The molecule has 0 spiro atoms. The van der Waals surface area contributed by atoms with Crippen LogP contribution in [-0.2, 0) is 19.7 Å². The van der Waals surface area contributed by atoms with Crippen LogP contribution in [0.3, 0.4) is 0 Å². The van der Waals surface area contributed by atoms with Gasteiger partial charge in [-0.25, -0.2) is 8.42 Å². The van der Waals surface area contributed by atoms with Crippen LogP contribution in [0.5, 0.6) is 0 Å². The second-order valence-corrected chi connectivity index (χ2v) is 8.28. The fourth-order valence-corrected chi connectivity index (χ4v) is 3.47. The molecule has 156 valence electrons. The average Bonchev–Trinajstić information content (AvgIpc) is 2.73. The van der Waals surface area contributed by atoms with Gasteiger partial charge in [-0.05, 0) is 48.9 Å². The zero-order valence-electron chi connectivity index (χ0n) is 16.8. The maximum atomic E-state index is 12.5. The molecule has 2 aromatic carbocycles.